The Morgan fingerprint density at radius 3 is 2.43 bits per heavy atom. The highest BCUT2D eigenvalue weighted by atomic mass is 32.2. The smallest absolute Gasteiger partial charge is 0.243 e. The highest BCUT2D eigenvalue weighted by Crippen LogP contribution is 2.22. The maximum atomic E-state index is 12.5. The van der Waals surface area contributed by atoms with Crippen LogP contribution in [0.4, 0.5) is 0 Å². The second kappa shape index (κ2) is 10.1. The summed E-state index contributed by atoms with van der Waals surface area (Å²) in [7, 11) is -3.46. The van der Waals surface area contributed by atoms with Gasteiger partial charge in [0.2, 0.25) is 15.9 Å². The first kappa shape index (κ1) is 22.4. The van der Waals surface area contributed by atoms with E-state index in [-0.39, 0.29) is 10.8 Å². The van der Waals surface area contributed by atoms with Crippen LogP contribution in [0.2, 0.25) is 0 Å². The number of fused-ring (bicyclic) bond motifs is 1. The molecule has 0 saturated heterocycles. The Kier molecular flexibility index (Phi) is 7.58. The molecule has 0 bridgehead atoms. The number of nitrogens with zero attached hydrogens (tertiary/aromatic N) is 2. The molecule has 1 amide bonds. The third-order valence-electron chi connectivity index (χ3n) is 4.89. The minimum Gasteiger partial charge on any atom is -0.352 e. The van der Waals surface area contributed by atoms with E-state index in [4.69, 9.17) is 0 Å². The van der Waals surface area contributed by atoms with Gasteiger partial charge in [-0.05, 0) is 42.7 Å². The van der Waals surface area contributed by atoms with Crippen molar-refractivity contribution in [3.63, 3.8) is 0 Å². The van der Waals surface area contributed by atoms with E-state index in [1.54, 1.807) is 35.6 Å². The van der Waals surface area contributed by atoms with Crippen molar-refractivity contribution in [2.45, 2.75) is 44.6 Å². The third kappa shape index (κ3) is 5.44. The lowest BCUT2D eigenvalue weighted by Gasteiger charge is -2.18. The minimum atomic E-state index is -3.46. The number of rotatable bonds is 10. The van der Waals surface area contributed by atoms with Gasteiger partial charge in [0.05, 0.1) is 20.1 Å². The summed E-state index contributed by atoms with van der Waals surface area (Å²) in [5.41, 5.74) is 1.88. The number of amides is 1. The van der Waals surface area contributed by atoms with Crippen LogP contribution in [0.3, 0.4) is 0 Å². The number of hydrogen-bond acceptors (Lipinski definition) is 5. The van der Waals surface area contributed by atoms with Gasteiger partial charge in [0.15, 0.2) is 0 Å². The van der Waals surface area contributed by atoms with Gasteiger partial charge in [-0.1, -0.05) is 38.1 Å². The number of benzene rings is 2. The van der Waals surface area contributed by atoms with E-state index in [0.29, 0.717) is 26.1 Å². The van der Waals surface area contributed by atoms with Crippen LogP contribution in [0.1, 0.15) is 37.3 Å². The number of carbonyl (C=O) groups is 1. The molecule has 0 spiro atoms. The van der Waals surface area contributed by atoms with Crippen molar-refractivity contribution in [3.8, 4) is 0 Å². The van der Waals surface area contributed by atoms with E-state index >= 15 is 0 Å². The fraction of sp³-hybridized carbons (Fsp3) is 0.364. The number of nitrogens with one attached hydrogen (secondary N) is 1. The maximum absolute atomic E-state index is 12.5. The van der Waals surface area contributed by atoms with Gasteiger partial charge in [-0.25, -0.2) is 13.4 Å². The molecule has 1 aromatic heterocycles. The van der Waals surface area contributed by atoms with Gasteiger partial charge in [0.1, 0.15) is 0 Å². The molecular formula is C22H27N3O3S2. The van der Waals surface area contributed by atoms with E-state index in [0.717, 1.165) is 28.9 Å². The number of hydrogen-bond donors (Lipinski definition) is 1. The molecule has 8 heteroatoms. The summed E-state index contributed by atoms with van der Waals surface area (Å²) in [5.74, 6) is -0.0176. The summed E-state index contributed by atoms with van der Waals surface area (Å²) in [6.07, 6.45) is 1.96. The first-order valence-electron chi connectivity index (χ1n) is 10.1. The Morgan fingerprint density at radius 1 is 1.07 bits per heavy atom. The number of carbonyl (C=O) groups excluding carboxylic acids is 1. The van der Waals surface area contributed by atoms with Crippen molar-refractivity contribution >= 4 is 37.5 Å². The van der Waals surface area contributed by atoms with Gasteiger partial charge >= 0.3 is 0 Å². The maximum Gasteiger partial charge on any atom is 0.243 e. The van der Waals surface area contributed by atoms with Crippen molar-refractivity contribution in [1.82, 2.24) is 14.6 Å². The molecule has 160 valence electrons. The van der Waals surface area contributed by atoms with Crippen molar-refractivity contribution in [1.29, 1.82) is 0 Å². The molecule has 2 aromatic carbocycles. The minimum absolute atomic E-state index is 0.0176. The fourth-order valence-corrected chi connectivity index (χ4v) is 5.68. The lowest BCUT2D eigenvalue weighted by molar-refractivity contribution is -0.121. The topological polar surface area (TPSA) is 79.4 Å². The Hall–Kier alpha value is -2.29. The van der Waals surface area contributed by atoms with Gasteiger partial charge in [-0.3, -0.25) is 4.79 Å². The summed E-state index contributed by atoms with van der Waals surface area (Å²) in [6, 6.07) is 14.7. The van der Waals surface area contributed by atoms with E-state index in [1.807, 2.05) is 32.0 Å². The van der Waals surface area contributed by atoms with E-state index in [9.17, 15) is 13.2 Å². The third-order valence-corrected chi connectivity index (χ3v) is 8.05. The average Bonchev–Trinajstić information content (AvgIpc) is 3.16. The Morgan fingerprint density at radius 2 is 1.77 bits per heavy atom. The van der Waals surface area contributed by atoms with Gasteiger partial charge in [0.25, 0.3) is 0 Å². The Labute approximate surface area is 182 Å². The summed E-state index contributed by atoms with van der Waals surface area (Å²) < 4.78 is 27.6. The van der Waals surface area contributed by atoms with Gasteiger partial charge in [0, 0.05) is 26.1 Å². The fourth-order valence-electron chi connectivity index (χ4n) is 3.21. The summed E-state index contributed by atoms with van der Waals surface area (Å²) in [5, 5.41) is 3.95. The molecule has 0 atom stereocenters. The molecule has 0 aliphatic carbocycles. The summed E-state index contributed by atoms with van der Waals surface area (Å²) in [4.78, 5) is 17.0. The standard InChI is InChI=1S/C22H27N3O3S2/c1-3-25(4-2)30(27,28)18-14-12-17(13-15-18)16-23-21(26)10-7-11-22-24-19-8-5-6-9-20(19)29-22/h5-6,8-9,12-15H,3-4,7,10-11,16H2,1-2H3,(H,23,26). The van der Waals surface area contributed by atoms with Crippen molar-refractivity contribution in [3.05, 3.63) is 59.1 Å². The molecule has 3 rings (SSSR count). The summed E-state index contributed by atoms with van der Waals surface area (Å²) in [6.45, 7) is 4.90. The molecule has 30 heavy (non-hydrogen) atoms. The van der Waals surface area contributed by atoms with Crippen molar-refractivity contribution < 1.29 is 13.2 Å². The molecule has 0 unspecified atom stereocenters. The van der Waals surface area contributed by atoms with Crippen LogP contribution < -0.4 is 5.32 Å². The van der Waals surface area contributed by atoms with Crippen LogP contribution in [0.25, 0.3) is 10.2 Å². The molecule has 1 heterocycles. The molecule has 0 aliphatic heterocycles. The van der Waals surface area contributed by atoms with Gasteiger partial charge in [-0.15, -0.1) is 11.3 Å². The lowest BCUT2D eigenvalue weighted by atomic mass is 10.2. The van der Waals surface area contributed by atoms with E-state index in [2.05, 4.69) is 16.4 Å². The van der Waals surface area contributed by atoms with E-state index < -0.39 is 10.0 Å². The highest BCUT2D eigenvalue weighted by molar-refractivity contribution is 7.89. The highest BCUT2D eigenvalue weighted by Gasteiger charge is 2.21. The Bertz CT molecular complexity index is 1060. The molecule has 0 aliphatic rings. The molecule has 0 saturated carbocycles. The van der Waals surface area contributed by atoms with Gasteiger partial charge in [-0.2, -0.15) is 4.31 Å². The average molecular weight is 446 g/mol. The quantitative estimate of drug-likeness (QED) is 0.512. The van der Waals surface area contributed by atoms with Crippen molar-refractivity contribution in [2.75, 3.05) is 13.1 Å². The number of aryl methyl sites for hydroxylation is 1. The summed E-state index contributed by atoms with van der Waals surface area (Å²) >= 11 is 1.67. The van der Waals surface area contributed by atoms with Crippen LogP contribution in [0.15, 0.2) is 53.4 Å². The van der Waals surface area contributed by atoms with Crippen LogP contribution >= 0.6 is 11.3 Å². The van der Waals surface area contributed by atoms with Gasteiger partial charge < -0.3 is 5.32 Å². The largest absolute Gasteiger partial charge is 0.352 e. The van der Waals surface area contributed by atoms with Crippen molar-refractivity contribution in [2.24, 2.45) is 0 Å². The second-order valence-corrected chi connectivity index (χ2v) is 9.99. The normalized spacial score (nSPS) is 11.8. The molecule has 1 N–H and O–H groups in total. The molecule has 0 fully saturated rings. The van der Waals surface area contributed by atoms with Crippen LogP contribution in [-0.2, 0) is 27.8 Å². The number of thiazole rings is 1. The Balaban J connectivity index is 1.46. The first-order chi connectivity index (χ1) is 14.4. The van der Waals surface area contributed by atoms with E-state index in [1.165, 1.54) is 9.01 Å². The molecule has 6 nitrogen and oxygen atoms in total. The number of para-hydroxylation sites is 1. The zero-order valence-corrected chi connectivity index (χ0v) is 18.9. The van der Waals surface area contributed by atoms with Crippen LogP contribution in [-0.4, -0.2) is 36.7 Å². The monoisotopic (exact) mass is 445 g/mol. The molecule has 0 radical (unpaired) electrons. The van der Waals surface area contributed by atoms with Crippen LogP contribution in [0, 0.1) is 0 Å². The molecule has 3 aromatic rings. The zero-order valence-electron chi connectivity index (χ0n) is 17.3. The molecular weight excluding hydrogens is 418 g/mol. The number of aromatic nitrogens is 1. The van der Waals surface area contributed by atoms with Crippen LogP contribution in [0.5, 0.6) is 0 Å². The SMILES string of the molecule is CCN(CC)S(=O)(=O)c1ccc(CNC(=O)CCCc2nc3ccccc3s2)cc1. The lowest BCUT2D eigenvalue weighted by Crippen LogP contribution is -2.30. The second-order valence-electron chi connectivity index (χ2n) is 6.94. The number of sulfonamides is 1. The first-order valence-corrected chi connectivity index (χ1v) is 12.4. The zero-order chi connectivity index (χ0) is 21.6. The predicted molar refractivity (Wildman–Crippen MR) is 121 cm³/mol. The predicted octanol–water partition coefficient (Wildman–Crippen LogP) is 3.97.